The zero-order valence-corrected chi connectivity index (χ0v) is 19.1. The molecule has 2 heterocycles. The molecule has 0 bridgehead atoms. The Labute approximate surface area is 191 Å². The average Bonchev–Trinajstić information content (AvgIpc) is 2.77. The second kappa shape index (κ2) is 10.6. The fourth-order valence-corrected chi connectivity index (χ4v) is 3.39. The maximum atomic E-state index is 12.1. The van der Waals surface area contributed by atoms with E-state index in [1.54, 1.807) is 36.5 Å². The highest BCUT2D eigenvalue weighted by molar-refractivity contribution is 6.33. The van der Waals surface area contributed by atoms with E-state index in [2.05, 4.69) is 14.9 Å². The van der Waals surface area contributed by atoms with Gasteiger partial charge < -0.3 is 14.4 Å². The number of pyridine rings is 2. The van der Waals surface area contributed by atoms with Gasteiger partial charge in [-0.05, 0) is 56.9 Å². The Balaban J connectivity index is 2.04. The summed E-state index contributed by atoms with van der Waals surface area (Å²) in [7, 11) is 5.34. The molecule has 0 spiro atoms. The number of halogens is 2. The third-order valence-electron chi connectivity index (χ3n) is 4.52. The summed E-state index contributed by atoms with van der Waals surface area (Å²) in [5.41, 5.74) is 2.66. The van der Waals surface area contributed by atoms with E-state index in [9.17, 15) is 4.79 Å². The summed E-state index contributed by atoms with van der Waals surface area (Å²) in [6.45, 7) is 1.43. The molecule has 0 saturated carbocycles. The Hall–Kier alpha value is -2.67. The first-order valence-electron chi connectivity index (χ1n) is 9.68. The number of ether oxygens (including phenoxy) is 2. The van der Waals surface area contributed by atoms with Gasteiger partial charge >= 0.3 is 5.97 Å². The van der Waals surface area contributed by atoms with Crippen LogP contribution in [0.3, 0.4) is 0 Å². The molecule has 2 aromatic heterocycles. The summed E-state index contributed by atoms with van der Waals surface area (Å²) in [5, 5.41) is 0.973. The summed E-state index contributed by atoms with van der Waals surface area (Å²) < 4.78 is 10.7. The maximum Gasteiger partial charge on any atom is 0.356 e. The van der Waals surface area contributed by atoms with Gasteiger partial charge in [-0.25, -0.2) is 9.78 Å². The van der Waals surface area contributed by atoms with Gasteiger partial charge in [0.2, 0.25) is 0 Å². The lowest BCUT2D eigenvalue weighted by atomic mass is 10.0. The number of hydrogen-bond acceptors (Lipinski definition) is 6. The average molecular weight is 460 g/mol. The van der Waals surface area contributed by atoms with Crippen LogP contribution in [0.5, 0.6) is 5.75 Å². The van der Waals surface area contributed by atoms with Crippen LogP contribution in [0, 0.1) is 0 Å². The molecule has 0 unspecified atom stereocenters. The van der Waals surface area contributed by atoms with E-state index in [1.807, 2.05) is 26.2 Å². The Morgan fingerprint density at radius 1 is 1.06 bits per heavy atom. The molecule has 162 valence electrons. The summed E-state index contributed by atoms with van der Waals surface area (Å²) in [4.78, 5) is 23.1. The minimum atomic E-state index is -0.533. The number of benzene rings is 1. The molecule has 0 amide bonds. The van der Waals surface area contributed by atoms with Crippen LogP contribution in [-0.2, 0) is 4.74 Å². The molecule has 0 aliphatic carbocycles. The van der Waals surface area contributed by atoms with Crippen LogP contribution < -0.4 is 4.74 Å². The van der Waals surface area contributed by atoms with Crippen molar-refractivity contribution in [3.8, 4) is 28.3 Å². The molecule has 6 nitrogen and oxygen atoms in total. The Bertz CT molecular complexity index is 1070. The second-order valence-electron chi connectivity index (χ2n) is 7.07. The minimum absolute atomic E-state index is 0.178. The molecule has 0 N–H and O–H groups in total. The van der Waals surface area contributed by atoms with Gasteiger partial charge in [-0.15, -0.1) is 0 Å². The van der Waals surface area contributed by atoms with Crippen molar-refractivity contribution in [2.75, 3.05) is 34.4 Å². The summed E-state index contributed by atoms with van der Waals surface area (Å²) in [5.74, 6) is 0.00954. The van der Waals surface area contributed by atoms with Gasteiger partial charge in [-0.1, -0.05) is 29.3 Å². The highest BCUT2D eigenvalue weighted by atomic mass is 35.5. The number of rotatable bonds is 8. The Morgan fingerprint density at radius 2 is 1.87 bits per heavy atom. The standard InChI is InChI=1S/C23H23Cl2N3O3/c1-28(2)12-5-13-31-20-14-15(7-9-17(20)24)21-16(22-18(25)6-4-11-26-22)8-10-19(27-21)23(29)30-3/h4,6-11,14H,5,12-13H2,1-3H3. The van der Waals surface area contributed by atoms with Gasteiger partial charge in [0.1, 0.15) is 11.4 Å². The fraction of sp³-hybridized carbons (Fsp3) is 0.261. The highest BCUT2D eigenvalue weighted by Gasteiger charge is 2.18. The van der Waals surface area contributed by atoms with Crippen LogP contribution in [0.15, 0.2) is 48.7 Å². The monoisotopic (exact) mass is 459 g/mol. The third-order valence-corrected chi connectivity index (χ3v) is 5.13. The largest absolute Gasteiger partial charge is 0.492 e. The Morgan fingerprint density at radius 3 is 2.58 bits per heavy atom. The molecule has 3 aromatic rings. The molecule has 0 radical (unpaired) electrons. The molecule has 0 saturated heterocycles. The lowest BCUT2D eigenvalue weighted by molar-refractivity contribution is 0.0594. The molecule has 3 rings (SSSR count). The van der Waals surface area contributed by atoms with Crippen LogP contribution in [0.1, 0.15) is 16.9 Å². The predicted octanol–water partition coefficient (Wildman–Crippen LogP) is 5.23. The number of methoxy groups -OCH3 is 1. The van der Waals surface area contributed by atoms with Crippen molar-refractivity contribution >= 4 is 29.2 Å². The molecule has 31 heavy (non-hydrogen) atoms. The minimum Gasteiger partial charge on any atom is -0.492 e. The van der Waals surface area contributed by atoms with Gasteiger partial charge in [-0.3, -0.25) is 4.98 Å². The van der Waals surface area contributed by atoms with Crippen LogP contribution >= 0.6 is 23.2 Å². The van der Waals surface area contributed by atoms with Crippen molar-refractivity contribution < 1.29 is 14.3 Å². The van der Waals surface area contributed by atoms with Gasteiger partial charge in [0.25, 0.3) is 0 Å². The van der Waals surface area contributed by atoms with Crippen molar-refractivity contribution in [1.29, 1.82) is 0 Å². The SMILES string of the molecule is COC(=O)c1ccc(-c2ncccc2Cl)c(-c2ccc(Cl)c(OCCCN(C)C)c2)n1. The van der Waals surface area contributed by atoms with E-state index in [1.165, 1.54) is 7.11 Å². The zero-order chi connectivity index (χ0) is 22.4. The van der Waals surface area contributed by atoms with Crippen molar-refractivity contribution in [3.05, 3.63) is 64.4 Å². The first-order valence-corrected chi connectivity index (χ1v) is 10.4. The maximum absolute atomic E-state index is 12.1. The predicted molar refractivity (Wildman–Crippen MR) is 123 cm³/mol. The summed E-state index contributed by atoms with van der Waals surface area (Å²) in [6, 6.07) is 12.2. The van der Waals surface area contributed by atoms with Gasteiger partial charge in [0, 0.05) is 23.9 Å². The molecule has 1 aromatic carbocycles. The van der Waals surface area contributed by atoms with Crippen LogP contribution in [-0.4, -0.2) is 55.2 Å². The highest BCUT2D eigenvalue weighted by Crippen LogP contribution is 2.36. The molecular formula is C23H23Cl2N3O3. The molecule has 0 fully saturated rings. The van der Waals surface area contributed by atoms with E-state index < -0.39 is 5.97 Å². The van der Waals surface area contributed by atoms with Crippen LogP contribution in [0.2, 0.25) is 10.0 Å². The van der Waals surface area contributed by atoms with Gasteiger partial charge in [0.15, 0.2) is 0 Å². The number of esters is 1. The lowest BCUT2D eigenvalue weighted by Crippen LogP contribution is -2.15. The van der Waals surface area contributed by atoms with Gasteiger partial charge in [-0.2, -0.15) is 0 Å². The van der Waals surface area contributed by atoms with Crippen molar-refractivity contribution in [3.63, 3.8) is 0 Å². The molecule has 8 heteroatoms. The topological polar surface area (TPSA) is 64.6 Å². The molecule has 0 aliphatic heterocycles. The zero-order valence-electron chi connectivity index (χ0n) is 17.6. The van der Waals surface area contributed by atoms with Crippen LogP contribution in [0.4, 0.5) is 0 Å². The number of hydrogen-bond donors (Lipinski definition) is 0. The normalized spacial score (nSPS) is 10.9. The molecule has 0 atom stereocenters. The van der Waals surface area contributed by atoms with Crippen molar-refractivity contribution in [2.24, 2.45) is 0 Å². The smallest absolute Gasteiger partial charge is 0.356 e. The first kappa shape index (κ1) is 23.0. The first-order chi connectivity index (χ1) is 14.9. The van der Waals surface area contributed by atoms with E-state index in [0.29, 0.717) is 39.4 Å². The number of carbonyl (C=O) groups is 1. The summed E-state index contributed by atoms with van der Waals surface area (Å²) >= 11 is 12.7. The fourth-order valence-electron chi connectivity index (χ4n) is 3.00. The van der Waals surface area contributed by atoms with Crippen molar-refractivity contribution in [1.82, 2.24) is 14.9 Å². The molecule has 0 aliphatic rings. The lowest BCUT2D eigenvalue weighted by Gasteiger charge is -2.14. The van der Waals surface area contributed by atoms with E-state index in [-0.39, 0.29) is 5.69 Å². The van der Waals surface area contributed by atoms with Gasteiger partial charge in [0.05, 0.1) is 35.1 Å². The molecular weight excluding hydrogens is 437 g/mol. The van der Waals surface area contributed by atoms with E-state index >= 15 is 0 Å². The van der Waals surface area contributed by atoms with E-state index in [0.717, 1.165) is 18.5 Å². The summed E-state index contributed by atoms with van der Waals surface area (Å²) in [6.07, 6.45) is 2.51. The van der Waals surface area contributed by atoms with Crippen LogP contribution in [0.25, 0.3) is 22.5 Å². The number of nitrogens with zero attached hydrogens (tertiary/aromatic N) is 3. The Kier molecular flexibility index (Phi) is 7.85. The number of aromatic nitrogens is 2. The second-order valence-corrected chi connectivity index (χ2v) is 7.88. The quantitative estimate of drug-likeness (QED) is 0.339. The number of carbonyl (C=O) groups excluding carboxylic acids is 1. The third kappa shape index (κ3) is 5.73. The van der Waals surface area contributed by atoms with Crippen molar-refractivity contribution in [2.45, 2.75) is 6.42 Å². The van der Waals surface area contributed by atoms with E-state index in [4.69, 9.17) is 32.7 Å².